The molecule has 0 aromatic heterocycles. The average molecular weight is 237 g/mol. The number of benzene rings is 1. The molecule has 2 aliphatic rings. The average Bonchev–Trinajstić information content (AvgIpc) is 2.68. The second kappa shape index (κ2) is 3.47. The summed E-state index contributed by atoms with van der Waals surface area (Å²) in [6.45, 7) is 1.57. The number of amides is 1. The van der Waals surface area contributed by atoms with Gasteiger partial charge in [0.25, 0.3) is 5.91 Å². The van der Waals surface area contributed by atoms with Crippen molar-refractivity contribution in [2.24, 2.45) is 0 Å². The molecule has 0 radical (unpaired) electrons. The molecule has 2 aliphatic heterocycles. The molecule has 0 N–H and O–H groups in total. The molecule has 3 rings (SSSR count). The first-order chi connectivity index (χ1) is 7.68. The Labute approximate surface area is 99.7 Å². The van der Waals surface area contributed by atoms with Gasteiger partial charge < -0.3 is 4.90 Å². The van der Waals surface area contributed by atoms with Crippen LogP contribution >= 0.6 is 11.8 Å². The largest absolute Gasteiger partial charge is 0.337 e. The van der Waals surface area contributed by atoms with Gasteiger partial charge in [-0.2, -0.15) is 0 Å². The van der Waals surface area contributed by atoms with E-state index >= 15 is 0 Å². The van der Waals surface area contributed by atoms with Crippen LogP contribution in [0.4, 0.5) is 0 Å². The summed E-state index contributed by atoms with van der Waals surface area (Å²) in [7, 11) is 1.87. The lowest BCUT2D eigenvalue weighted by molar-refractivity contribution is 0.0703. The molecule has 1 aromatic carbocycles. The molecule has 2 atom stereocenters. The molecule has 0 spiro atoms. The van der Waals surface area contributed by atoms with Gasteiger partial charge in [-0.05, 0) is 23.4 Å². The van der Waals surface area contributed by atoms with Gasteiger partial charge in [-0.1, -0.05) is 18.2 Å². The van der Waals surface area contributed by atoms with Crippen LogP contribution in [0.5, 0.6) is 0 Å². The monoisotopic (exact) mass is 236 g/mol. The van der Waals surface area contributed by atoms with Gasteiger partial charge in [-0.25, -0.2) is 4.42 Å². The van der Waals surface area contributed by atoms with E-state index in [0.29, 0.717) is 5.92 Å². The second-order valence-electron chi connectivity index (χ2n) is 4.50. The lowest BCUT2D eigenvalue weighted by Gasteiger charge is -2.35. The van der Waals surface area contributed by atoms with Crippen LogP contribution in [0.3, 0.4) is 0 Å². The van der Waals surface area contributed by atoms with Crippen molar-refractivity contribution in [3.8, 4) is 0 Å². The molecular formula is C12H13ClN2O. The lowest BCUT2D eigenvalue weighted by atomic mass is 9.85. The van der Waals surface area contributed by atoms with Crippen LogP contribution in [-0.4, -0.2) is 41.4 Å². The number of likely N-dealkylation sites (N-methyl/N-ethyl adjacent to an activating group) is 1. The van der Waals surface area contributed by atoms with Gasteiger partial charge in [0.05, 0.1) is 6.04 Å². The van der Waals surface area contributed by atoms with E-state index in [1.54, 1.807) is 4.42 Å². The van der Waals surface area contributed by atoms with Gasteiger partial charge in [0.1, 0.15) is 0 Å². The third kappa shape index (κ3) is 1.28. The zero-order chi connectivity index (χ0) is 11.3. The predicted octanol–water partition coefficient (Wildman–Crippen LogP) is 1.69. The third-order valence-corrected chi connectivity index (χ3v) is 3.93. The number of carbonyl (C=O) groups excluding carboxylic acids is 1. The van der Waals surface area contributed by atoms with Crippen molar-refractivity contribution in [2.45, 2.75) is 12.0 Å². The van der Waals surface area contributed by atoms with E-state index in [0.717, 1.165) is 24.2 Å². The first-order valence-corrected chi connectivity index (χ1v) is 5.79. The molecule has 16 heavy (non-hydrogen) atoms. The zero-order valence-electron chi connectivity index (χ0n) is 9.06. The van der Waals surface area contributed by atoms with Crippen LogP contribution in [0.2, 0.25) is 0 Å². The van der Waals surface area contributed by atoms with Crippen molar-refractivity contribution < 1.29 is 4.79 Å². The minimum absolute atomic E-state index is 0.115. The first kappa shape index (κ1) is 10.1. The smallest absolute Gasteiger partial charge is 0.254 e. The highest BCUT2D eigenvalue weighted by Gasteiger charge is 2.43. The highest BCUT2D eigenvalue weighted by atomic mass is 35.5. The Morgan fingerprint density at radius 2 is 2.06 bits per heavy atom. The number of rotatable bonds is 0. The second-order valence-corrected chi connectivity index (χ2v) is 4.98. The Kier molecular flexibility index (Phi) is 2.19. The molecule has 4 heteroatoms. The van der Waals surface area contributed by atoms with Crippen LogP contribution in [-0.2, 0) is 0 Å². The molecule has 1 aromatic rings. The van der Waals surface area contributed by atoms with E-state index < -0.39 is 0 Å². The Morgan fingerprint density at radius 1 is 1.31 bits per heavy atom. The molecule has 0 saturated carbocycles. The number of fused-ring (bicyclic) bond motifs is 3. The van der Waals surface area contributed by atoms with Crippen molar-refractivity contribution in [3.63, 3.8) is 0 Å². The van der Waals surface area contributed by atoms with Gasteiger partial charge in [-0.15, -0.1) is 0 Å². The van der Waals surface area contributed by atoms with Gasteiger partial charge in [0.15, 0.2) is 0 Å². The SMILES string of the molecule is CN1C(=O)c2ccccc2[C@H]2CN(Cl)C[C@@H]21. The quantitative estimate of drug-likeness (QED) is 0.640. The van der Waals surface area contributed by atoms with E-state index in [-0.39, 0.29) is 11.9 Å². The molecule has 0 unspecified atom stereocenters. The third-order valence-electron chi connectivity index (χ3n) is 3.65. The zero-order valence-corrected chi connectivity index (χ0v) is 9.81. The molecule has 0 aliphatic carbocycles. The van der Waals surface area contributed by atoms with Gasteiger partial charge >= 0.3 is 0 Å². The first-order valence-electron chi connectivity index (χ1n) is 5.45. The Bertz CT molecular complexity index is 448. The maximum Gasteiger partial charge on any atom is 0.254 e. The maximum absolute atomic E-state index is 12.1. The van der Waals surface area contributed by atoms with Crippen LogP contribution in [0.1, 0.15) is 21.8 Å². The number of hydrogen-bond donors (Lipinski definition) is 0. The van der Waals surface area contributed by atoms with Crippen molar-refractivity contribution in [2.75, 3.05) is 20.1 Å². The minimum atomic E-state index is 0.115. The van der Waals surface area contributed by atoms with Gasteiger partial charge in [0.2, 0.25) is 0 Å². The number of hydrogen-bond acceptors (Lipinski definition) is 2. The summed E-state index contributed by atoms with van der Waals surface area (Å²) in [5.74, 6) is 0.472. The summed E-state index contributed by atoms with van der Waals surface area (Å²) in [4.78, 5) is 14.0. The van der Waals surface area contributed by atoms with Crippen molar-refractivity contribution in [3.05, 3.63) is 35.4 Å². The Hall–Kier alpha value is -1.06. The summed E-state index contributed by atoms with van der Waals surface area (Å²) >= 11 is 6.06. The number of carbonyl (C=O) groups is 1. The van der Waals surface area contributed by atoms with Crippen LogP contribution < -0.4 is 0 Å². The summed E-state index contributed by atoms with van der Waals surface area (Å²) in [5, 5.41) is 0. The summed E-state index contributed by atoms with van der Waals surface area (Å²) in [6, 6.07) is 8.08. The molecule has 1 amide bonds. The molecule has 84 valence electrons. The van der Waals surface area contributed by atoms with E-state index in [1.807, 2.05) is 36.2 Å². The fraction of sp³-hybridized carbons (Fsp3) is 0.417. The van der Waals surface area contributed by atoms with E-state index in [4.69, 9.17) is 11.8 Å². The summed E-state index contributed by atoms with van der Waals surface area (Å²) < 4.78 is 1.78. The van der Waals surface area contributed by atoms with Gasteiger partial charge in [-0.3, -0.25) is 4.79 Å². The molecule has 0 bridgehead atoms. The fourth-order valence-electron chi connectivity index (χ4n) is 2.79. The van der Waals surface area contributed by atoms with Crippen LogP contribution in [0, 0.1) is 0 Å². The number of halogens is 1. The Morgan fingerprint density at radius 3 is 2.88 bits per heavy atom. The molecule has 1 fully saturated rings. The topological polar surface area (TPSA) is 23.6 Å². The molecule has 1 saturated heterocycles. The van der Waals surface area contributed by atoms with E-state index in [2.05, 4.69) is 0 Å². The van der Waals surface area contributed by atoms with E-state index in [9.17, 15) is 4.79 Å². The lowest BCUT2D eigenvalue weighted by Crippen LogP contribution is -2.45. The Balaban J connectivity index is 2.12. The molecular weight excluding hydrogens is 224 g/mol. The molecule has 2 heterocycles. The van der Waals surface area contributed by atoms with Crippen molar-refractivity contribution in [1.29, 1.82) is 0 Å². The molecule has 3 nitrogen and oxygen atoms in total. The highest BCUT2D eigenvalue weighted by molar-refractivity contribution is 6.13. The summed E-state index contributed by atoms with van der Waals surface area (Å²) in [5.41, 5.74) is 1.98. The van der Waals surface area contributed by atoms with Crippen LogP contribution in [0.15, 0.2) is 24.3 Å². The fourth-order valence-corrected chi connectivity index (χ4v) is 3.08. The summed E-state index contributed by atoms with van der Waals surface area (Å²) in [6.07, 6.45) is 0. The van der Waals surface area contributed by atoms with E-state index in [1.165, 1.54) is 0 Å². The predicted molar refractivity (Wildman–Crippen MR) is 62.5 cm³/mol. The number of nitrogens with zero attached hydrogens (tertiary/aromatic N) is 2. The minimum Gasteiger partial charge on any atom is -0.337 e. The standard InChI is InChI=1S/C12H13ClN2O/c1-14-11-7-15(13)6-10(11)8-4-2-3-5-9(8)12(14)16/h2-5,10-11H,6-7H2,1H3/t10-,11+/m1/s1. The van der Waals surface area contributed by atoms with Crippen LogP contribution in [0.25, 0.3) is 0 Å². The van der Waals surface area contributed by atoms with Crippen molar-refractivity contribution >= 4 is 17.7 Å². The maximum atomic E-state index is 12.1. The normalized spacial score (nSPS) is 29.1. The highest BCUT2D eigenvalue weighted by Crippen LogP contribution is 2.37. The van der Waals surface area contributed by atoms with Gasteiger partial charge in [0, 0.05) is 31.6 Å². The van der Waals surface area contributed by atoms with Crippen molar-refractivity contribution in [1.82, 2.24) is 9.32 Å².